The van der Waals surface area contributed by atoms with Gasteiger partial charge in [0.25, 0.3) is 0 Å². The van der Waals surface area contributed by atoms with E-state index in [0.717, 1.165) is 20.5 Å². The third-order valence-electron chi connectivity index (χ3n) is 2.22. The van der Waals surface area contributed by atoms with E-state index in [4.69, 9.17) is 23.2 Å². The second kappa shape index (κ2) is 4.70. The zero-order valence-corrected chi connectivity index (χ0v) is 11.2. The van der Waals surface area contributed by atoms with Gasteiger partial charge in [-0.05, 0) is 18.1 Å². The molecule has 0 aliphatic carbocycles. The van der Waals surface area contributed by atoms with Crippen LogP contribution in [-0.4, -0.2) is 9.97 Å². The Balaban J connectivity index is 2.60. The summed E-state index contributed by atoms with van der Waals surface area (Å²) in [4.78, 5) is 9.35. The van der Waals surface area contributed by atoms with Crippen molar-refractivity contribution in [1.29, 1.82) is 0 Å². The standard InChI is InChI=1S/C11H10Cl2N2S/c1-6(2)9-10(14-5-15-11(9)13)7-3-4-8(12)16-7/h3-6H,1-2H3. The normalized spacial score (nSPS) is 11.1. The Bertz CT molecular complexity index is 508. The van der Waals surface area contributed by atoms with E-state index in [-0.39, 0.29) is 5.92 Å². The van der Waals surface area contributed by atoms with Crippen LogP contribution in [0.3, 0.4) is 0 Å². The van der Waals surface area contributed by atoms with Crippen LogP contribution in [0.1, 0.15) is 25.3 Å². The zero-order chi connectivity index (χ0) is 11.7. The lowest BCUT2D eigenvalue weighted by molar-refractivity contribution is 0.850. The van der Waals surface area contributed by atoms with Crippen LogP contribution in [0.2, 0.25) is 9.49 Å². The van der Waals surface area contributed by atoms with E-state index in [0.29, 0.717) is 5.15 Å². The van der Waals surface area contributed by atoms with Crippen molar-refractivity contribution in [3.63, 3.8) is 0 Å². The molecule has 0 saturated carbocycles. The molecule has 2 nitrogen and oxygen atoms in total. The summed E-state index contributed by atoms with van der Waals surface area (Å²) >= 11 is 13.5. The fourth-order valence-electron chi connectivity index (χ4n) is 1.52. The number of hydrogen-bond acceptors (Lipinski definition) is 3. The predicted octanol–water partition coefficient (Wildman–Crippen LogP) is 4.64. The van der Waals surface area contributed by atoms with Crippen molar-refractivity contribution in [3.05, 3.63) is 33.5 Å². The average molecular weight is 273 g/mol. The molecule has 0 atom stereocenters. The lowest BCUT2D eigenvalue weighted by atomic mass is 10.0. The van der Waals surface area contributed by atoms with Crippen LogP contribution in [0.15, 0.2) is 18.5 Å². The van der Waals surface area contributed by atoms with Gasteiger partial charge in [0.05, 0.1) is 14.9 Å². The van der Waals surface area contributed by atoms with Crippen molar-refractivity contribution in [3.8, 4) is 10.6 Å². The van der Waals surface area contributed by atoms with Crippen LogP contribution in [0.5, 0.6) is 0 Å². The summed E-state index contributed by atoms with van der Waals surface area (Å²) in [5, 5.41) is 0.518. The quantitative estimate of drug-likeness (QED) is 0.745. The maximum Gasteiger partial charge on any atom is 0.136 e. The van der Waals surface area contributed by atoms with Crippen LogP contribution >= 0.6 is 34.5 Å². The third-order valence-corrected chi connectivity index (χ3v) is 3.76. The molecule has 0 spiro atoms. The molecule has 0 N–H and O–H groups in total. The Morgan fingerprint density at radius 3 is 2.50 bits per heavy atom. The van der Waals surface area contributed by atoms with Gasteiger partial charge in [-0.15, -0.1) is 11.3 Å². The summed E-state index contributed by atoms with van der Waals surface area (Å²) in [6.45, 7) is 4.15. The monoisotopic (exact) mass is 272 g/mol. The Labute approximate surface area is 108 Å². The van der Waals surface area contributed by atoms with Crippen LogP contribution in [0.4, 0.5) is 0 Å². The molecule has 0 bridgehead atoms. The van der Waals surface area contributed by atoms with Crippen molar-refractivity contribution < 1.29 is 0 Å². The van der Waals surface area contributed by atoms with E-state index < -0.39 is 0 Å². The van der Waals surface area contributed by atoms with E-state index >= 15 is 0 Å². The highest BCUT2D eigenvalue weighted by Gasteiger charge is 2.16. The Kier molecular flexibility index (Phi) is 3.47. The van der Waals surface area contributed by atoms with E-state index in [1.165, 1.54) is 17.7 Å². The molecule has 0 aliphatic heterocycles. The van der Waals surface area contributed by atoms with Gasteiger partial charge >= 0.3 is 0 Å². The molecule has 0 saturated heterocycles. The highest BCUT2D eigenvalue weighted by atomic mass is 35.5. The van der Waals surface area contributed by atoms with E-state index in [1.54, 1.807) is 0 Å². The van der Waals surface area contributed by atoms with E-state index in [2.05, 4.69) is 23.8 Å². The molecule has 2 aromatic rings. The Morgan fingerprint density at radius 2 is 1.94 bits per heavy atom. The third kappa shape index (κ3) is 2.21. The number of aromatic nitrogens is 2. The van der Waals surface area contributed by atoms with Crippen LogP contribution in [-0.2, 0) is 0 Å². The largest absolute Gasteiger partial charge is 0.235 e. The maximum atomic E-state index is 6.10. The molecular formula is C11H10Cl2N2S. The molecule has 16 heavy (non-hydrogen) atoms. The minimum Gasteiger partial charge on any atom is -0.235 e. The summed E-state index contributed by atoms with van der Waals surface area (Å²) in [6.07, 6.45) is 1.48. The van der Waals surface area contributed by atoms with Gasteiger partial charge in [-0.3, -0.25) is 0 Å². The van der Waals surface area contributed by atoms with Gasteiger partial charge in [0, 0.05) is 5.56 Å². The minimum absolute atomic E-state index is 0.282. The summed E-state index contributed by atoms with van der Waals surface area (Å²) in [7, 11) is 0. The van der Waals surface area contributed by atoms with Crippen LogP contribution in [0.25, 0.3) is 10.6 Å². The van der Waals surface area contributed by atoms with Crippen molar-refractivity contribution in [2.45, 2.75) is 19.8 Å². The number of hydrogen-bond donors (Lipinski definition) is 0. The first kappa shape index (κ1) is 11.8. The smallest absolute Gasteiger partial charge is 0.136 e. The first-order valence-electron chi connectivity index (χ1n) is 4.85. The van der Waals surface area contributed by atoms with Crippen LogP contribution < -0.4 is 0 Å². The van der Waals surface area contributed by atoms with Crippen molar-refractivity contribution in [1.82, 2.24) is 9.97 Å². The first-order chi connectivity index (χ1) is 7.59. The maximum absolute atomic E-state index is 6.10. The van der Waals surface area contributed by atoms with Gasteiger partial charge in [0.2, 0.25) is 0 Å². The highest BCUT2D eigenvalue weighted by Crippen LogP contribution is 2.36. The molecule has 0 fully saturated rings. The minimum atomic E-state index is 0.282. The second-order valence-corrected chi connectivity index (χ2v) is 5.76. The van der Waals surface area contributed by atoms with E-state index in [9.17, 15) is 0 Å². The topological polar surface area (TPSA) is 25.8 Å². The van der Waals surface area contributed by atoms with Gasteiger partial charge in [-0.1, -0.05) is 37.0 Å². The number of thiophene rings is 1. The van der Waals surface area contributed by atoms with E-state index in [1.807, 2.05) is 12.1 Å². The number of rotatable bonds is 2. The Hall–Kier alpha value is -0.640. The molecular weight excluding hydrogens is 263 g/mol. The first-order valence-corrected chi connectivity index (χ1v) is 6.43. The summed E-state index contributed by atoms with van der Waals surface area (Å²) < 4.78 is 0.749. The molecule has 0 radical (unpaired) electrons. The molecule has 2 heterocycles. The zero-order valence-electron chi connectivity index (χ0n) is 8.87. The van der Waals surface area contributed by atoms with Crippen molar-refractivity contribution in [2.24, 2.45) is 0 Å². The highest BCUT2D eigenvalue weighted by molar-refractivity contribution is 7.19. The van der Waals surface area contributed by atoms with Gasteiger partial charge in [-0.25, -0.2) is 9.97 Å². The molecule has 0 aliphatic rings. The molecule has 0 unspecified atom stereocenters. The lowest BCUT2D eigenvalue weighted by Gasteiger charge is -2.11. The van der Waals surface area contributed by atoms with Gasteiger partial charge in [0.1, 0.15) is 11.5 Å². The lowest BCUT2D eigenvalue weighted by Crippen LogP contribution is -1.97. The van der Waals surface area contributed by atoms with Gasteiger partial charge in [0.15, 0.2) is 0 Å². The molecule has 84 valence electrons. The SMILES string of the molecule is CC(C)c1c(Cl)ncnc1-c1ccc(Cl)s1. The number of halogens is 2. The van der Waals surface area contributed by atoms with Crippen molar-refractivity contribution >= 4 is 34.5 Å². The van der Waals surface area contributed by atoms with Crippen molar-refractivity contribution in [2.75, 3.05) is 0 Å². The molecule has 2 aromatic heterocycles. The van der Waals surface area contributed by atoms with Crippen LogP contribution in [0, 0.1) is 0 Å². The Morgan fingerprint density at radius 1 is 1.19 bits per heavy atom. The molecule has 2 rings (SSSR count). The molecule has 5 heteroatoms. The summed E-state index contributed by atoms with van der Waals surface area (Å²) in [6, 6.07) is 3.82. The molecule has 0 amide bonds. The summed E-state index contributed by atoms with van der Waals surface area (Å²) in [5.41, 5.74) is 1.86. The fourth-order valence-corrected chi connectivity index (χ4v) is 2.93. The number of nitrogens with zero attached hydrogens (tertiary/aromatic N) is 2. The predicted molar refractivity (Wildman–Crippen MR) is 69.5 cm³/mol. The average Bonchev–Trinajstić information content (AvgIpc) is 2.63. The molecule has 0 aromatic carbocycles. The van der Waals surface area contributed by atoms with Gasteiger partial charge in [-0.2, -0.15) is 0 Å². The summed E-state index contributed by atoms with van der Waals surface area (Å²) in [5.74, 6) is 0.282. The fraction of sp³-hybridized carbons (Fsp3) is 0.273. The van der Waals surface area contributed by atoms with Gasteiger partial charge < -0.3 is 0 Å². The second-order valence-electron chi connectivity index (χ2n) is 3.69.